The molecule has 2 heterocycles. The number of carbonyl (C=O) groups excluding carboxylic acids is 1. The number of para-hydroxylation sites is 1. The number of imidazole rings is 1. The van der Waals surface area contributed by atoms with E-state index in [-0.39, 0.29) is 12.5 Å². The first-order chi connectivity index (χ1) is 10.1. The first-order valence-electron chi connectivity index (χ1n) is 6.42. The Hall–Kier alpha value is -2.96. The highest BCUT2D eigenvalue weighted by Gasteiger charge is 2.11. The lowest BCUT2D eigenvalue weighted by Crippen LogP contribution is -2.19. The van der Waals surface area contributed by atoms with Crippen molar-refractivity contribution in [2.75, 3.05) is 11.1 Å². The van der Waals surface area contributed by atoms with Crippen LogP contribution in [0, 0.1) is 6.92 Å². The van der Waals surface area contributed by atoms with Crippen LogP contribution in [0.1, 0.15) is 5.56 Å². The van der Waals surface area contributed by atoms with Crippen LogP contribution in [0.3, 0.4) is 0 Å². The van der Waals surface area contributed by atoms with Gasteiger partial charge in [-0.15, -0.1) is 0 Å². The summed E-state index contributed by atoms with van der Waals surface area (Å²) in [5, 5.41) is 2.87. The van der Waals surface area contributed by atoms with Crippen LogP contribution in [0.15, 0.2) is 36.9 Å². The Labute approximate surface area is 120 Å². The van der Waals surface area contributed by atoms with Crippen molar-refractivity contribution in [3.8, 4) is 0 Å². The summed E-state index contributed by atoms with van der Waals surface area (Å²) in [5.41, 5.74) is 8.56. The maximum absolute atomic E-state index is 12.1. The van der Waals surface area contributed by atoms with Gasteiger partial charge < -0.3 is 15.6 Å². The fourth-order valence-electron chi connectivity index (χ4n) is 2.07. The molecule has 0 spiro atoms. The van der Waals surface area contributed by atoms with E-state index < -0.39 is 0 Å². The zero-order valence-corrected chi connectivity index (χ0v) is 11.4. The van der Waals surface area contributed by atoms with Gasteiger partial charge in [0.15, 0.2) is 11.5 Å². The van der Waals surface area contributed by atoms with Crippen LogP contribution in [0.4, 0.5) is 11.5 Å². The van der Waals surface area contributed by atoms with Gasteiger partial charge in [-0.3, -0.25) is 4.79 Å². The lowest BCUT2D eigenvalue weighted by molar-refractivity contribution is -0.116. The summed E-state index contributed by atoms with van der Waals surface area (Å²) < 4.78 is 1.64. The van der Waals surface area contributed by atoms with Gasteiger partial charge in [-0.2, -0.15) is 0 Å². The smallest absolute Gasteiger partial charge is 0.244 e. The van der Waals surface area contributed by atoms with Crippen molar-refractivity contribution in [3.05, 3.63) is 42.5 Å². The first kappa shape index (κ1) is 13.0. The molecule has 0 bridgehead atoms. The van der Waals surface area contributed by atoms with Gasteiger partial charge in [0.05, 0.1) is 6.33 Å². The van der Waals surface area contributed by atoms with E-state index >= 15 is 0 Å². The minimum Gasteiger partial charge on any atom is -0.382 e. The molecule has 0 aliphatic rings. The molecule has 0 atom stereocenters. The molecule has 3 aromatic rings. The topological polar surface area (TPSA) is 98.7 Å². The Morgan fingerprint density at radius 2 is 2.10 bits per heavy atom. The van der Waals surface area contributed by atoms with E-state index in [0.29, 0.717) is 17.0 Å². The third-order valence-electron chi connectivity index (χ3n) is 3.16. The standard InChI is InChI=1S/C14H14N6O/c1-9-4-2-3-5-10(9)19-11(21)6-20-8-18-12-13(15)16-7-17-14(12)20/h2-5,7-8H,6H2,1H3,(H,19,21)(H2,15,16,17). The second-order valence-corrected chi connectivity index (χ2v) is 4.67. The lowest BCUT2D eigenvalue weighted by Gasteiger charge is -2.08. The molecule has 7 nitrogen and oxygen atoms in total. The number of hydrogen-bond donors (Lipinski definition) is 2. The molecule has 1 amide bonds. The molecule has 7 heteroatoms. The van der Waals surface area contributed by atoms with E-state index in [4.69, 9.17) is 5.73 Å². The predicted octanol–water partition coefficient (Wildman–Crippen LogP) is 1.36. The van der Waals surface area contributed by atoms with Gasteiger partial charge in [-0.25, -0.2) is 15.0 Å². The van der Waals surface area contributed by atoms with Crippen molar-refractivity contribution in [2.45, 2.75) is 13.5 Å². The summed E-state index contributed by atoms with van der Waals surface area (Å²) in [6.45, 7) is 2.05. The van der Waals surface area contributed by atoms with Crippen molar-refractivity contribution < 1.29 is 4.79 Å². The van der Waals surface area contributed by atoms with Crippen LogP contribution in [0.25, 0.3) is 11.2 Å². The van der Waals surface area contributed by atoms with Gasteiger partial charge in [0, 0.05) is 5.69 Å². The maximum Gasteiger partial charge on any atom is 0.244 e. The molecule has 0 unspecified atom stereocenters. The monoisotopic (exact) mass is 282 g/mol. The summed E-state index contributed by atoms with van der Waals surface area (Å²) in [6, 6.07) is 7.60. The number of nitrogens with two attached hydrogens (primary N) is 1. The highest BCUT2D eigenvalue weighted by molar-refractivity contribution is 5.92. The minimum absolute atomic E-state index is 0.112. The Morgan fingerprint density at radius 1 is 1.29 bits per heavy atom. The van der Waals surface area contributed by atoms with E-state index in [1.807, 2.05) is 31.2 Å². The minimum atomic E-state index is -0.152. The average Bonchev–Trinajstić information content (AvgIpc) is 2.86. The number of aryl methyl sites for hydroxylation is 1. The number of nitrogen functional groups attached to an aromatic ring is 1. The van der Waals surface area contributed by atoms with Crippen molar-refractivity contribution in [1.82, 2.24) is 19.5 Å². The number of aromatic nitrogens is 4. The van der Waals surface area contributed by atoms with Crippen LogP contribution in [-0.4, -0.2) is 25.4 Å². The number of anilines is 2. The van der Waals surface area contributed by atoms with E-state index in [1.165, 1.54) is 12.7 Å². The molecule has 106 valence electrons. The van der Waals surface area contributed by atoms with Crippen molar-refractivity contribution in [3.63, 3.8) is 0 Å². The zero-order chi connectivity index (χ0) is 14.8. The SMILES string of the molecule is Cc1ccccc1NC(=O)Cn1cnc2c(N)ncnc21. The second kappa shape index (κ2) is 5.20. The zero-order valence-electron chi connectivity index (χ0n) is 11.4. The Balaban J connectivity index is 1.81. The fourth-order valence-corrected chi connectivity index (χ4v) is 2.07. The van der Waals surface area contributed by atoms with Crippen LogP contribution in [0.2, 0.25) is 0 Å². The number of carbonyl (C=O) groups is 1. The van der Waals surface area contributed by atoms with Crippen LogP contribution in [0.5, 0.6) is 0 Å². The molecular weight excluding hydrogens is 268 g/mol. The predicted molar refractivity (Wildman–Crippen MR) is 79.5 cm³/mol. The first-order valence-corrected chi connectivity index (χ1v) is 6.42. The molecule has 0 fully saturated rings. The Kier molecular flexibility index (Phi) is 3.23. The van der Waals surface area contributed by atoms with Crippen LogP contribution >= 0.6 is 0 Å². The lowest BCUT2D eigenvalue weighted by atomic mass is 10.2. The van der Waals surface area contributed by atoms with Gasteiger partial charge in [-0.05, 0) is 18.6 Å². The van der Waals surface area contributed by atoms with Crippen molar-refractivity contribution >= 4 is 28.6 Å². The molecule has 0 saturated heterocycles. The molecule has 0 radical (unpaired) electrons. The number of hydrogen-bond acceptors (Lipinski definition) is 5. The highest BCUT2D eigenvalue weighted by Crippen LogP contribution is 2.15. The Bertz CT molecular complexity index is 810. The van der Waals surface area contributed by atoms with Crippen LogP contribution < -0.4 is 11.1 Å². The van der Waals surface area contributed by atoms with Crippen molar-refractivity contribution in [1.29, 1.82) is 0 Å². The molecular formula is C14H14N6O. The molecule has 1 aromatic carbocycles. The molecule has 0 saturated carbocycles. The van der Waals surface area contributed by atoms with Gasteiger partial charge in [0.25, 0.3) is 0 Å². The molecule has 3 rings (SSSR count). The number of nitrogens with one attached hydrogen (secondary N) is 1. The molecule has 21 heavy (non-hydrogen) atoms. The van der Waals surface area contributed by atoms with Gasteiger partial charge in [-0.1, -0.05) is 18.2 Å². The number of nitrogens with zero attached hydrogens (tertiary/aromatic N) is 4. The van der Waals surface area contributed by atoms with Crippen LogP contribution in [-0.2, 0) is 11.3 Å². The van der Waals surface area contributed by atoms with Gasteiger partial charge in [0.1, 0.15) is 18.4 Å². The summed E-state index contributed by atoms with van der Waals surface area (Å²) in [7, 11) is 0. The summed E-state index contributed by atoms with van der Waals surface area (Å²) >= 11 is 0. The second-order valence-electron chi connectivity index (χ2n) is 4.67. The normalized spacial score (nSPS) is 10.7. The quantitative estimate of drug-likeness (QED) is 0.755. The number of rotatable bonds is 3. The molecule has 0 aliphatic heterocycles. The largest absolute Gasteiger partial charge is 0.382 e. The summed E-state index contributed by atoms with van der Waals surface area (Å²) in [4.78, 5) is 24.2. The van der Waals surface area contributed by atoms with Gasteiger partial charge >= 0.3 is 0 Å². The van der Waals surface area contributed by atoms with E-state index in [2.05, 4.69) is 20.3 Å². The Morgan fingerprint density at radius 3 is 2.90 bits per heavy atom. The fraction of sp³-hybridized carbons (Fsp3) is 0.143. The average molecular weight is 282 g/mol. The highest BCUT2D eigenvalue weighted by atomic mass is 16.1. The van der Waals surface area contributed by atoms with Crippen molar-refractivity contribution in [2.24, 2.45) is 0 Å². The van der Waals surface area contributed by atoms with Gasteiger partial charge in [0.2, 0.25) is 5.91 Å². The summed E-state index contributed by atoms with van der Waals surface area (Å²) in [5.74, 6) is 0.152. The summed E-state index contributed by atoms with van der Waals surface area (Å²) in [6.07, 6.45) is 2.89. The third-order valence-corrected chi connectivity index (χ3v) is 3.16. The number of amides is 1. The third kappa shape index (κ3) is 2.53. The van der Waals surface area contributed by atoms with E-state index in [1.54, 1.807) is 4.57 Å². The number of fused-ring (bicyclic) bond motifs is 1. The molecule has 2 aromatic heterocycles. The number of benzene rings is 1. The molecule has 0 aliphatic carbocycles. The maximum atomic E-state index is 12.1. The van der Waals surface area contributed by atoms with E-state index in [0.717, 1.165) is 11.3 Å². The molecule has 3 N–H and O–H groups in total. The van der Waals surface area contributed by atoms with E-state index in [9.17, 15) is 4.79 Å².